The van der Waals surface area contributed by atoms with Crippen molar-refractivity contribution in [2.24, 2.45) is 0 Å². The molecule has 0 atom stereocenters. The number of benzene rings is 7. The van der Waals surface area contributed by atoms with Gasteiger partial charge in [0.2, 0.25) is 0 Å². The molecule has 58 heavy (non-hydrogen) atoms. The Kier molecular flexibility index (Phi) is 6.47. The first kappa shape index (κ1) is 31.5. The van der Waals surface area contributed by atoms with Crippen LogP contribution in [-0.4, -0.2) is 21.5 Å². The van der Waals surface area contributed by atoms with Crippen LogP contribution in [0.4, 0.5) is 0 Å². The van der Waals surface area contributed by atoms with E-state index in [2.05, 4.69) is 142 Å². The Bertz CT molecular complexity index is 3700. The quantitative estimate of drug-likeness (QED) is 0.183. The molecule has 4 heteroatoms. The lowest BCUT2D eigenvalue weighted by atomic mass is 9.86. The molecule has 0 spiro atoms. The van der Waals surface area contributed by atoms with Gasteiger partial charge in [-0.3, -0.25) is 15.0 Å². The maximum atomic E-state index is 4.66. The molecule has 3 aromatic heterocycles. The molecule has 4 heterocycles. The van der Waals surface area contributed by atoms with Crippen molar-refractivity contribution >= 4 is 91.8 Å². The van der Waals surface area contributed by atoms with E-state index in [9.17, 15) is 0 Å². The third-order valence-electron chi connectivity index (χ3n) is 12.6. The van der Waals surface area contributed by atoms with E-state index in [1.165, 1.54) is 114 Å². The van der Waals surface area contributed by atoms with Crippen molar-refractivity contribution in [1.29, 1.82) is 0 Å². The Morgan fingerprint density at radius 2 is 0.879 bits per heavy atom. The molecule has 0 fully saturated rings. The fourth-order valence-electron chi connectivity index (χ4n) is 10.4. The van der Waals surface area contributed by atoms with Gasteiger partial charge in [-0.25, -0.2) is 0 Å². The summed E-state index contributed by atoms with van der Waals surface area (Å²) in [5.74, 6) is 0. The molecule has 1 aliphatic rings. The van der Waals surface area contributed by atoms with E-state index >= 15 is 0 Å². The highest BCUT2D eigenvalue weighted by Gasteiger charge is 2.27. The highest BCUT2D eigenvalue weighted by atomic mass is 14.8. The van der Waals surface area contributed by atoms with Crippen LogP contribution in [0.2, 0.25) is 0 Å². The number of dihydropyridines is 1. The predicted molar refractivity (Wildman–Crippen MR) is 244 cm³/mol. The second kappa shape index (κ2) is 11.9. The van der Waals surface area contributed by atoms with Gasteiger partial charge in [-0.1, -0.05) is 97.1 Å². The van der Waals surface area contributed by atoms with Crippen LogP contribution in [0.15, 0.2) is 177 Å². The number of fused-ring (bicyclic) bond motifs is 10. The Morgan fingerprint density at radius 1 is 0.379 bits per heavy atom. The molecule has 0 radical (unpaired) electrons. The van der Waals surface area contributed by atoms with Gasteiger partial charge >= 0.3 is 0 Å². The van der Waals surface area contributed by atoms with Crippen molar-refractivity contribution < 1.29 is 0 Å². The van der Waals surface area contributed by atoms with Crippen LogP contribution in [0.3, 0.4) is 0 Å². The molecule has 0 amide bonds. The molecule has 12 aromatic rings. The number of nitrogens with zero attached hydrogens (tertiary/aromatic N) is 3. The summed E-state index contributed by atoms with van der Waals surface area (Å²) in [5, 5.41) is 23.9. The van der Waals surface area contributed by atoms with Gasteiger partial charge in [0.1, 0.15) is 0 Å². The van der Waals surface area contributed by atoms with Crippen molar-refractivity contribution in [2.75, 3.05) is 6.54 Å². The fraction of sp³-hybridized carbons (Fsp3) is 0.0185. The first-order valence-corrected chi connectivity index (χ1v) is 19.9. The lowest BCUT2D eigenvalue weighted by Gasteiger charge is -2.19. The van der Waals surface area contributed by atoms with Gasteiger partial charge in [-0.2, -0.15) is 0 Å². The number of pyridine rings is 3. The van der Waals surface area contributed by atoms with Crippen molar-refractivity contribution in [3.63, 3.8) is 0 Å². The summed E-state index contributed by atoms with van der Waals surface area (Å²) in [6.07, 6.45) is 18.0. The number of hydrogen-bond donors (Lipinski definition) is 1. The van der Waals surface area contributed by atoms with Crippen molar-refractivity contribution in [2.45, 2.75) is 0 Å². The van der Waals surface area contributed by atoms with E-state index in [1.807, 2.05) is 55.5 Å². The second-order valence-corrected chi connectivity index (χ2v) is 15.5. The molecule has 4 nitrogen and oxygen atoms in total. The molecule has 0 bridgehead atoms. The summed E-state index contributed by atoms with van der Waals surface area (Å²) in [6, 6.07) is 45.0. The van der Waals surface area contributed by atoms with Gasteiger partial charge in [0, 0.05) is 60.4 Å². The molecule has 0 aliphatic carbocycles. The number of rotatable bonds is 4. The Hall–Kier alpha value is -7.69. The van der Waals surface area contributed by atoms with Gasteiger partial charge in [0.15, 0.2) is 0 Å². The minimum absolute atomic E-state index is 0.768. The molecular formula is C54H32N4. The van der Waals surface area contributed by atoms with Crippen molar-refractivity contribution in [3.8, 4) is 33.4 Å². The molecule has 0 saturated heterocycles. The lowest BCUT2D eigenvalue weighted by molar-refractivity contribution is 0.988. The van der Waals surface area contributed by atoms with E-state index in [1.54, 1.807) is 0 Å². The largest absolute Gasteiger partial charge is 0.387 e. The minimum Gasteiger partial charge on any atom is -0.387 e. The summed E-state index contributed by atoms with van der Waals surface area (Å²) in [5.41, 5.74) is 9.54. The molecule has 0 saturated carbocycles. The Morgan fingerprint density at radius 3 is 1.45 bits per heavy atom. The molecular weight excluding hydrogens is 705 g/mol. The summed E-state index contributed by atoms with van der Waals surface area (Å²) < 4.78 is 0. The van der Waals surface area contributed by atoms with Gasteiger partial charge in [0.25, 0.3) is 0 Å². The second-order valence-electron chi connectivity index (χ2n) is 15.5. The number of aromatic nitrogens is 3. The van der Waals surface area contributed by atoms with Crippen LogP contribution in [0.25, 0.3) is 125 Å². The molecule has 1 N–H and O–H groups in total. The SMILES string of the molecule is C1=CNCC(c2c3ccccc3c(-c3cccnc3)c3c4cc5c(cc6c7c(-c8cccnc8)ccc(-c8cccnc8)c7c7cccc5c76)c5cccc(c23)c54)=C1. The van der Waals surface area contributed by atoms with Crippen LogP contribution in [-0.2, 0) is 0 Å². The smallest absolute Gasteiger partial charge is 0.0401 e. The van der Waals surface area contributed by atoms with Crippen LogP contribution in [0.1, 0.15) is 5.56 Å². The molecule has 13 rings (SSSR count). The van der Waals surface area contributed by atoms with E-state index < -0.39 is 0 Å². The van der Waals surface area contributed by atoms with Crippen LogP contribution >= 0.6 is 0 Å². The van der Waals surface area contributed by atoms with E-state index in [4.69, 9.17) is 0 Å². The van der Waals surface area contributed by atoms with E-state index in [-0.39, 0.29) is 0 Å². The normalized spacial score (nSPS) is 13.3. The van der Waals surface area contributed by atoms with E-state index in [0.717, 1.165) is 23.2 Å². The molecule has 268 valence electrons. The first-order chi connectivity index (χ1) is 28.8. The highest BCUT2D eigenvalue weighted by Crippen LogP contribution is 2.54. The number of allylic oxidation sites excluding steroid dienone is 2. The zero-order chi connectivity index (χ0) is 37.9. The van der Waals surface area contributed by atoms with Gasteiger partial charge < -0.3 is 5.32 Å². The molecule has 1 aliphatic heterocycles. The summed E-state index contributed by atoms with van der Waals surface area (Å²) >= 11 is 0. The van der Waals surface area contributed by atoms with Gasteiger partial charge in [-0.15, -0.1) is 0 Å². The van der Waals surface area contributed by atoms with Crippen molar-refractivity contribution in [3.05, 3.63) is 182 Å². The molecule has 9 aromatic carbocycles. The fourth-order valence-corrected chi connectivity index (χ4v) is 10.4. The summed E-state index contributed by atoms with van der Waals surface area (Å²) in [4.78, 5) is 13.8. The monoisotopic (exact) mass is 736 g/mol. The predicted octanol–water partition coefficient (Wildman–Crippen LogP) is 13.5. The van der Waals surface area contributed by atoms with E-state index in [0.29, 0.717) is 0 Å². The topological polar surface area (TPSA) is 50.7 Å². The average Bonchev–Trinajstić information content (AvgIpc) is 3.81. The summed E-state index contributed by atoms with van der Waals surface area (Å²) in [7, 11) is 0. The molecule has 0 unspecified atom stereocenters. The first-order valence-electron chi connectivity index (χ1n) is 19.9. The maximum absolute atomic E-state index is 4.66. The Balaban J connectivity index is 1.27. The lowest BCUT2D eigenvalue weighted by Crippen LogP contribution is -2.12. The van der Waals surface area contributed by atoms with Gasteiger partial charge in [0.05, 0.1) is 0 Å². The minimum atomic E-state index is 0.768. The third kappa shape index (κ3) is 4.21. The zero-order valence-electron chi connectivity index (χ0n) is 31.3. The average molecular weight is 737 g/mol. The maximum Gasteiger partial charge on any atom is 0.0401 e. The highest BCUT2D eigenvalue weighted by molar-refractivity contribution is 6.45. The summed E-state index contributed by atoms with van der Waals surface area (Å²) in [6.45, 7) is 0.768. The number of nitrogens with one attached hydrogen (secondary N) is 1. The van der Waals surface area contributed by atoms with Crippen LogP contribution < -0.4 is 5.32 Å². The number of hydrogen-bond acceptors (Lipinski definition) is 4. The Labute approximate surface area is 333 Å². The van der Waals surface area contributed by atoms with Crippen LogP contribution in [0, 0.1) is 0 Å². The third-order valence-corrected chi connectivity index (χ3v) is 12.6. The van der Waals surface area contributed by atoms with Crippen molar-refractivity contribution in [1.82, 2.24) is 20.3 Å². The standard InChI is InChI=1S/C54H32N4/c1-2-14-38-37(13-1)47(33-11-7-23-57-29-33)53-42-18-4-16-40-43-25-45-49-39(44(43)26-46(50(40)42)54(53)48(38)34-12-8-24-58-30-34)15-3-17-41(49)51-35(31-9-5-21-55-27-31)19-20-36(52(45)51)32-10-6-22-56-28-32/h1-28,30,57H,29H2. The van der Waals surface area contributed by atoms with Crippen LogP contribution in [0.5, 0.6) is 0 Å². The van der Waals surface area contributed by atoms with Gasteiger partial charge in [-0.05, 0) is 157 Å². The zero-order valence-corrected chi connectivity index (χ0v) is 31.3.